The second kappa shape index (κ2) is 5.20. The molecule has 1 amide bonds. The van der Waals surface area contributed by atoms with Crippen LogP contribution in [0.3, 0.4) is 0 Å². The van der Waals surface area contributed by atoms with Gasteiger partial charge < -0.3 is 10.2 Å². The van der Waals surface area contributed by atoms with Gasteiger partial charge in [-0.15, -0.1) is 0 Å². The highest BCUT2D eigenvalue weighted by molar-refractivity contribution is 5.98. The van der Waals surface area contributed by atoms with Crippen molar-refractivity contribution in [1.29, 1.82) is 0 Å². The highest BCUT2D eigenvalue weighted by atomic mass is 16.6. The Morgan fingerprint density at radius 2 is 2.15 bits per heavy atom. The van der Waals surface area contributed by atoms with Crippen molar-refractivity contribution >= 4 is 11.6 Å². The van der Waals surface area contributed by atoms with Crippen molar-refractivity contribution in [3.8, 4) is 0 Å². The standard InChI is InChI=1S/C14H19N3O3/c1-10-5-4-6-11(12(10)17(19)20)13(18)16-8-7-15-14(2,3)9-16/h4-6,15H,7-9H2,1-3H3. The molecule has 0 aliphatic carbocycles. The fourth-order valence-corrected chi connectivity index (χ4v) is 2.56. The summed E-state index contributed by atoms with van der Waals surface area (Å²) in [6.45, 7) is 7.47. The Morgan fingerprint density at radius 1 is 1.45 bits per heavy atom. The van der Waals surface area contributed by atoms with E-state index in [0.29, 0.717) is 25.2 Å². The number of hydrogen-bond acceptors (Lipinski definition) is 4. The van der Waals surface area contributed by atoms with Gasteiger partial charge in [-0.2, -0.15) is 0 Å². The van der Waals surface area contributed by atoms with Crippen molar-refractivity contribution < 1.29 is 9.72 Å². The molecule has 1 aromatic carbocycles. The maximum atomic E-state index is 12.6. The van der Waals surface area contributed by atoms with E-state index in [1.807, 2.05) is 13.8 Å². The van der Waals surface area contributed by atoms with Crippen LogP contribution in [0.4, 0.5) is 5.69 Å². The Kier molecular flexibility index (Phi) is 3.76. The maximum Gasteiger partial charge on any atom is 0.285 e. The molecular formula is C14H19N3O3. The third-order valence-corrected chi connectivity index (χ3v) is 3.51. The Balaban J connectivity index is 2.34. The Morgan fingerprint density at radius 3 is 2.75 bits per heavy atom. The summed E-state index contributed by atoms with van der Waals surface area (Å²) in [5.41, 5.74) is 0.420. The third-order valence-electron chi connectivity index (χ3n) is 3.51. The zero-order valence-electron chi connectivity index (χ0n) is 12.0. The van der Waals surface area contributed by atoms with E-state index >= 15 is 0 Å². The number of nitrogens with one attached hydrogen (secondary N) is 1. The molecule has 0 spiro atoms. The molecule has 1 heterocycles. The second-order valence-corrected chi connectivity index (χ2v) is 5.77. The quantitative estimate of drug-likeness (QED) is 0.660. The number of nitro groups is 1. The molecule has 6 nitrogen and oxygen atoms in total. The molecule has 0 radical (unpaired) electrons. The number of hydrogen-bond donors (Lipinski definition) is 1. The summed E-state index contributed by atoms with van der Waals surface area (Å²) in [5, 5.41) is 14.5. The molecule has 0 unspecified atom stereocenters. The molecule has 0 atom stereocenters. The maximum absolute atomic E-state index is 12.6. The molecule has 0 saturated carbocycles. The molecular weight excluding hydrogens is 258 g/mol. The number of piperazine rings is 1. The first-order valence-corrected chi connectivity index (χ1v) is 6.60. The van der Waals surface area contributed by atoms with Gasteiger partial charge in [0.05, 0.1) is 4.92 Å². The summed E-state index contributed by atoms with van der Waals surface area (Å²) >= 11 is 0. The first-order chi connectivity index (χ1) is 9.32. The number of nitro benzene ring substituents is 1. The molecule has 0 aromatic heterocycles. The van der Waals surface area contributed by atoms with Crippen molar-refractivity contribution in [1.82, 2.24) is 10.2 Å². The van der Waals surface area contributed by atoms with E-state index in [9.17, 15) is 14.9 Å². The Hall–Kier alpha value is -1.95. The summed E-state index contributed by atoms with van der Waals surface area (Å²) in [4.78, 5) is 24.9. The predicted octanol–water partition coefficient (Wildman–Crippen LogP) is 1.73. The minimum Gasteiger partial charge on any atom is -0.335 e. The number of rotatable bonds is 2. The third kappa shape index (κ3) is 2.80. The molecule has 0 bridgehead atoms. The molecule has 1 saturated heterocycles. The highest BCUT2D eigenvalue weighted by Crippen LogP contribution is 2.25. The number of nitrogens with zero attached hydrogens (tertiary/aromatic N) is 2. The summed E-state index contributed by atoms with van der Waals surface area (Å²) in [6, 6.07) is 4.86. The Labute approximate surface area is 117 Å². The van der Waals surface area contributed by atoms with Crippen LogP contribution in [-0.4, -0.2) is 40.9 Å². The van der Waals surface area contributed by atoms with Gasteiger partial charge in [-0.25, -0.2) is 0 Å². The summed E-state index contributed by atoms with van der Waals surface area (Å²) in [6.07, 6.45) is 0. The lowest BCUT2D eigenvalue weighted by molar-refractivity contribution is -0.385. The number of benzene rings is 1. The smallest absolute Gasteiger partial charge is 0.285 e. The van der Waals surface area contributed by atoms with Gasteiger partial charge in [-0.1, -0.05) is 12.1 Å². The topological polar surface area (TPSA) is 75.5 Å². The van der Waals surface area contributed by atoms with Crippen molar-refractivity contribution in [2.24, 2.45) is 0 Å². The molecule has 1 N–H and O–H groups in total. The normalized spacial score (nSPS) is 17.9. The van der Waals surface area contributed by atoms with Crippen molar-refractivity contribution in [3.63, 3.8) is 0 Å². The van der Waals surface area contributed by atoms with Crippen LogP contribution in [0.25, 0.3) is 0 Å². The molecule has 108 valence electrons. The summed E-state index contributed by atoms with van der Waals surface area (Å²) < 4.78 is 0. The van der Waals surface area contributed by atoms with Gasteiger partial charge >= 0.3 is 0 Å². The van der Waals surface area contributed by atoms with Gasteiger partial charge in [-0.3, -0.25) is 14.9 Å². The fourth-order valence-electron chi connectivity index (χ4n) is 2.56. The summed E-state index contributed by atoms with van der Waals surface area (Å²) in [5.74, 6) is -0.269. The van der Waals surface area contributed by atoms with Crippen LogP contribution in [0.2, 0.25) is 0 Å². The largest absolute Gasteiger partial charge is 0.335 e. The first kappa shape index (κ1) is 14.5. The number of aryl methyl sites for hydroxylation is 1. The van der Waals surface area contributed by atoms with Gasteiger partial charge in [0, 0.05) is 30.7 Å². The second-order valence-electron chi connectivity index (χ2n) is 5.77. The van der Waals surface area contributed by atoms with Crippen molar-refractivity contribution in [3.05, 3.63) is 39.4 Å². The Bertz CT molecular complexity index is 555. The SMILES string of the molecule is Cc1cccc(C(=O)N2CCNC(C)(C)C2)c1[N+](=O)[O-]. The molecule has 6 heteroatoms. The zero-order chi connectivity index (χ0) is 14.9. The molecule has 1 aliphatic heterocycles. The van der Waals surface area contributed by atoms with Gasteiger partial charge in [-0.05, 0) is 26.8 Å². The van der Waals surface area contributed by atoms with Crippen molar-refractivity contribution in [2.75, 3.05) is 19.6 Å². The van der Waals surface area contributed by atoms with E-state index in [1.165, 1.54) is 6.07 Å². The van der Waals surface area contributed by atoms with Crippen LogP contribution < -0.4 is 5.32 Å². The van der Waals surface area contributed by atoms with Crippen LogP contribution in [0.5, 0.6) is 0 Å². The van der Waals surface area contributed by atoms with E-state index in [2.05, 4.69) is 5.32 Å². The lowest BCUT2D eigenvalue weighted by Gasteiger charge is -2.39. The van der Waals surface area contributed by atoms with E-state index in [1.54, 1.807) is 24.0 Å². The predicted molar refractivity (Wildman–Crippen MR) is 75.8 cm³/mol. The minimum atomic E-state index is -0.476. The van der Waals surface area contributed by atoms with E-state index < -0.39 is 4.92 Å². The van der Waals surface area contributed by atoms with Gasteiger partial charge in [0.15, 0.2) is 0 Å². The highest BCUT2D eigenvalue weighted by Gasteiger charge is 2.32. The van der Waals surface area contributed by atoms with Gasteiger partial charge in [0.1, 0.15) is 5.56 Å². The first-order valence-electron chi connectivity index (χ1n) is 6.60. The van der Waals surface area contributed by atoms with E-state index in [4.69, 9.17) is 0 Å². The van der Waals surface area contributed by atoms with Gasteiger partial charge in [0.2, 0.25) is 0 Å². The average Bonchev–Trinajstić information content (AvgIpc) is 2.35. The lowest BCUT2D eigenvalue weighted by Crippen LogP contribution is -2.58. The lowest BCUT2D eigenvalue weighted by atomic mass is 10.0. The number of para-hydroxylation sites is 1. The van der Waals surface area contributed by atoms with Crippen LogP contribution in [0.15, 0.2) is 18.2 Å². The van der Waals surface area contributed by atoms with E-state index in [0.717, 1.165) is 0 Å². The number of carbonyl (C=O) groups excluding carboxylic acids is 1. The monoisotopic (exact) mass is 277 g/mol. The average molecular weight is 277 g/mol. The molecule has 1 aliphatic rings. The molecule has 1 aromatic rings. The molecule has 2 rings (SSSR count). The van der Waals surface area contributed by atoms with Gasteiger partial charge in [0.25, 0.3) is 11.6 Å². The van der Waals surface area contributed by atoms with Crippen LogP contribution >= 0.6 is 0 Å². The van der Waals surface area contributed by atoms with Crippen LogP contribution in [-0.2, 0) is 0 Å². The number of carbonyl (C=O) groups is 1. The van der Waals surface area contributed by atoms with Crippen LogP contribution in [0.1, 0.15) is 29.8 Å². The van der Waals surface area contributed by atoms with Crippen LogP contribution in [0, 0.1) is 17.0 Å². The van der Waals surface area contributed by atoms with E-state index in [-0.39, 0.29) is 22.7 Å². The molecule has 20 heavy (non-hydrogen) atoms. The summed E-state index contributed by atoms with van der Waals surface area (Å²) in [7, 11) is 0. The fraction of sp³-hybridized carbons (Fsp3) is 0.500. The molecule has 1 fully saturated rings. The van der Waals surface area contributed by atoms with Crippen molar-refractivity contribution in [2.45, 2.75) is 26.3 Å². The minimum absolute atomic E-state index is 0.0890. The number of amides is 1. The zero-order valence-corrected chi connectivity index (χ0v) is 12.0.